The van der Waals surface area contributed by atoms with Crippen LogP contribution in [0.1, 0.15) is 6.42 Å². The van der Waals surface area contributed by atoms with Crippen LogP contribution >= 0.6 is 0 Å². The van der Waals surface area contributed by atoms with Gasteiger partial charge in [0.15, 0.2) is 0 Å². The maximum Gasteiger partial charge on any atom is 0.336 e. The van der Waals surface area contributed by atoms with Crippen molar-refractivity contribution < 1.29 is 17.9 Å². The monoisotopic (exact) mass is 295 g/mol. The first-order chi connectivity index (χ1) is 9.46. The number of β-amino-alcohol motifs (C(OH)–C–C–N with tert-alkyl or cyclic N) is 1. The molecule has 1 aromatic heterocycles. The molecule has 7 heteroatoms. The molecule has 20 heavy (non-hydrogen) atoms. The molecule has 106 valence electrons. The molecule has 6 nitrogen and oxygen atoms in total. The van der Waals surface area contributed by atoms with Crippen LogP contribution in [0.5, 0.6) is 0 Å². The van der Waals surface area contributed by atoms with E-state index in [1.807, 2.05) is 0 Å². The summed E-state index contributed by atoms with van der Waals surface area (Å²) in [5.41, 5.74) is -0.131. The number of benzene rings is 1. The molecule has 2 aromatic rings. The van der Waals surface area contributed by atoms with E-state index in [9.17, 15) is 18.3 Å². The van der Waals surface area contributed by atoms with Gasteiger partial charge in [-0.3, -0.25) is 0 Å². The minimum Gasteiger partial charge on any atom is -0.423 e. The number of nitrogens with zero attached hydrogens (tertiary/aromatic N) is 1. The van der Waals surface area contributed by atoms with E-state index < -0.39 is 21.8 Å². The van der Waals surface area contributed by atoms with Gasteiger partial charge in [-0.1, -0.05) is 0 Å². The van der Waals surface area contributed by atoms with E-state index in [1.165, 1.54) is 34.6 Å². The first-order valence-corrected chi connectivity index (χ1v) is 7.63. The zero-order valence-corrected chi connectivity index (χ0v) is 11.3. The summed E-state index contributed by atoms with van der Waals surface area (Å²) in [4.78, 5) is 11.2. The summed E-state index contributed by atoms with van der Waals surface area (Å²) >= 11 is 0. The lowest BCUT2D eigenvalue weighted by Gasteiger charge is -2.15. The van der Waals surface area contributed by atoms with E-state index in [1.54, 1.807) is 0 Å². The lowest BCUT2D eigenvalue weighted by Crippen LogP contribution is -2.29. The summed E-state index contributed by atoms with van der Waals surface area (Å²) < 4.78 is 31.1. The van der Waals surface area contributed by atoms with Crippen molar-refractivity contribution in [3.05, 3.63) is 40.8 Å². The van der Waals surface area contributed by atoms with Crippen molar-refractivity contribution in [1.82, 2.24) is 4.31 Å². The summed E-state index contributed by atoms with van der Waals surface area (Å²) in [6.45, 7) is 0.426. The summed E-state index contributed by atoms with van der Waals surface area (Å²) in [7, 11) is -3.62. The quantitative estimate of drug-likeness (QED) is 0.817. The van der Waals surface area contributed by atoms with Gasteiger partial charge in [0, 0.05) is 24.5 Å². The number of fused-ring (bicyclic) bond motifs is 1. The van der Waals surface area contributed by atoms with Gasteiger partial charge in [0.25, 0.3) is 0 Å². The van der Waals surface area contributed by atoms with Crippen molar-refractivity contribution in [2.75, 3.05) is 13.1 Å². The second-order valence-corrected chi connectivity index (χ2v) is 6.70. The molecule has 0 radical (unpaired) electrons. The highest BCUT2D eigenvalue weighted by Crippen LogP contribution is 2.24. The standard InChI is InChI=1S/C13H13NO5S/c15-10-5-6-14(8-10)20(17,18)11-2-3-12-9(7-11)1-4-13(16)19-12/h1-4,7,10,15H,5-6,8H2/t10-/m1/s1. The van der Waals surface area contributed by atoms with Gasteiger partial charge in [-0.2, -0.15) is 4.31 Å². The molecule has 0 unspecified atom stereocenters. The Hall–Kier alpha value is -1.70. The molecule has 1 aliphatic rings. The van der Waals surface area contributed by atoms with Crippen molar-refractivity contribution in [2.45, 2.75) is 17.4 Å². The minimum absolute atomic E-state index is 0.115. The zero-order valence-electron chi connectivity index (χ0n) is 10.5. The molecular weight excluding hydrogens is 282 g/mol. The van der Waals surface area contributed by atoms with E-state index >= 15 is 0 Å². The van der Waals surface area contributed by atoms with Gasteiger partial charge >= 0.3 is 5.63 Å². The van der Waals surface area contributed by atoms with Crippen LogP contribution in [0.15, 0.2) is 44.4 Å². The van der Waals surface area contributed by atoms with E-state index in [0.29, 0.717) is 23.9 Å². The molecule has 0 bridgehead atoms. The van der Waals surface area contributed by atoms with E-state index in [4.69, 9.17) is 4.42 Å². The van der Waals surface area contributed by atoms with Crippen molar-refractivity contribution in [3.63, 3.8) is 0 Å². The van der Waals surface area contributed by atoms with Crippen LogP contribution in [0.4, 0.5) is 0 Å². The molecule has 1 aliphatic heterocycles. The Balaban J connectivity index is 2.05. The first kappa shape index (κ1) is 13.3. The van der Waals surface area contributed by atoms with E-state index in [0.717, 1.165) is 0 Å². The van der Waals surface area contributed by atoms with Crippen molar-refractivity contribution in [3.8, 4) is 0 Å². The van der Waals surface area contributed by atoms with Gasteiger partial charge in [-0.25, -0.2) is 13.2 Å². The third-order valence-corrected chi connectivity index (χ3v) is 5.22. The average Bonchev–Trinajstić information content (AvgIpc) is 2.85. The largest absolute Gasteiger partial charge is 0.423 e. The van der Waals surface area contributed by atoms with Crippen LogP contribution in [0.25, 0.3) is 11.0 Å². The predicted molar refractivity (Wildman–Crippen MR) is 71.9 cm³/mol. The fourth-order valence-corrected chi connectivity index (χ4v) is 3.82. The smallest absolute Gasteiger partial charge is 0.336 e. The van der Waals surface area contributed by atoms with Gasteiger partial charge < -0.3 is 9.52 Å². The molecule has 1 N–H and O–H groups in total. The highest BCUT2D eigenvalue weighted by Gasteiger charge is 2.31. The number of hydrogen-bond donors (Lipinski definition) is 1. The fourth-order valence-electron chi connectivity index (χ4n) is 2.29. The van der Waals surface area contributed by atoms with Gasteiger partial charge in [0.05, 0.1) is 11.0 Å². The Morgan fingerprint density at radius 2 is 2.05 bits per heavy atom. The van der Waals surface area contributed by atoms with Crippen LogP contribution in [-0.4, -0.2) is 37.0 Å². The first-order valence-electron chi connectivity index (χ1n) is 6.19. The maximum absolute atomic E-state index is 12.4. The van der Waals surface area contributed by atoms with E-state index in [2.05, 4.69) is 0 Å². The number of rotatable bonds is 2. The summed E-state index contributed by atoms with van der Waals surface area (Å²) in [5, 5.41) is 10.0. The molecule has 0 saturated carbocycles. The average molecular weight is 295 g/mol. The Bertz CT molecular complexity index is 811. The number of hydrogen-bond acceptors (Lipinski definition) is 5. The number of aliphatic hydroxyl groups is 1. The van der Waals surface area contributed by atoms with Gasteiger partial charge in [0.1, 0.15) is 5.58 Å². The van der Waals surface area contributed by atoms with Crippen molar-refractivity contribution in [2.24, 2.45) is 0 Å². The van der Waals surface area contributed by atoms with Gasteiger partial charge in [-0.15, -0.1) is 0 Å². The topological polar surface area (TPSA) is 87.8 Å². The van der Waals surface area contributed by atoms with Crippen LogP contribution in [0, 0.1) is 0 Å². The second-order valence-electron chi connectivity index (χ2n) is 4.76. The fraction of sp³-hybridized carbons (Fsp3) is 0.308. The molecule has 3 rings (SSSR count). The third-order valence-electron chi connectivity index (χ3n) is 3.35. The predicted octanol–water partition coefficient (Wildman–Crippen LogP) is 0.548. The molecule has 2 heterocycles. The Morgan fingerprint density at radius 1 is 1.25 bits per heavy atom. The van der Waals surface area contributed by atoms with Gasteiger partial charge in [0.2, 0.25) is 10.0 Å². The summed E-state index contributed by atoms with van der Waals surface area (Å²) in [6.07, 6.45) is -0.162. The highest BCUT2D eigenvalue weighted by atomic mass is 32.2. The SMILES string of the molecule is O=c1ccc2cc(S(=O)(=O)N3CC[C@@H](O)C3)ccc2o1. The van der Waals surface area contributed by atoms with E-state index in [-0.39, 0.29) is 11.4 Å². The van der Waals surface area contributed by atoms with Gasteiger partial charge in [-0.05, 0) is 30.7 Å². The molecular formula is C13H13NO5S. The molecule has 1 saturated heterocycles. The number of aliphatic hydroxyl groups excluding tert-OH is 1. The normalized spacial score (nSPS) is 20.6. The molecule has 1 atom stereocenters. The zero-order chi connectivity index (χ0) is 14.3. The lowest BCUT2D eigenvalue weighted by molar-refractivity contribution is 0.189. The van der Waals surface area contributed by atoms with Crippen LogP contribution in [0.2, 0.25) is 0 Å². The number of sulfonamides is 1. The Morgan fingerprint density at radius 3 is 2.75 bits per heavy atom. The van der Waals surface area contributed by atoms with Crippen molar-refractivity contribution in [1.29, 1.82) is 0 Å². The third kappa shape index (κ3) is 2.24. The summed E-state index contributed by atoms with van der Waals surface area (Å²) in [6, 6.07) is 7.12. The maximum atomic E-state index is 12.4. The highest BCUT2D eigenvalue weighted by molar-refractivity contribution is 7.89. The minimum atomic E-state index is -3.62. The molecule has 0 aliphatic carbocycles. The molecule has 1 fully saturated rings. The molecule has 1 aromatic carbocycles. The Kier molecular flexibility index (Phi) is 3.12. The molecule has 0 spiro atoms. The van der Waals surface area contributed by atoms with Crippen LogP contribution in [0.3, 0.4) is 0 Å². The lowest BCUT2D eigenvalue weighted by atomic mass is 10.2. The van der Waals surface area contributed by atoms with Crippen molar-refractivity contribution >= 4 is 21.0 Å². The molecule has 0 amide bonds. The van der Waals surface area contributed by atoms with Crippen LogP contribution in [-0.2, 0) is 10.0 Å². The van der Waals surface area contributed by atoms with Crippen LogP contribution < -0.4 is 5.63 Å². The second kappa shape index (κ2) is 4.69. The Labute approximate surface area is 115 Å². The summed E-state index contributed by atoms with van der Waals surface area (Å²) in [5.74, 6) is 0.